The van der Waals surface area contributed by atoms with Gasteiger partial charge in [0.05, 0.1) is 18.1 Å². The summed E-state index contributed by atoms with van der Waals surface area (Å²) in [5.74, 6) is -1.34. The van der Waals surface area contributed by atoms with Crippen LogP contribution in [-0.4, -0.2) is 35.8 Å². The Balaban J connectivity index is 1.61. The molecule has 0 saturated carbocycles. The lowest BCUT2D eigenvalue weighted by Gasteiger charge is -2.07. The van der Waals surface area contributed by atoms with Gasteiger partial charge in [-0.15, -0.1) is 11.8 Å². The molecule has 2 aromatic carbocycles. The fraction of sp³-hybridized carbons (Fsp3) is 0.167. The molecule has 0 aliphatic carbocycles. The standard InChI is InChI=1S/C18H17ClFN3O3S/c19-12-1-5-14(6-2-12)22-16(24)9-21-17(25)10-27-11-18(26)23-15-7-3-13(20)4-8-15/h1-8H,9-11H2,(H,21,25)(H,22,24)(H,23,26). The molecule has 3 amide bonds. The Hall–Kier alpha value is -2.58. The largest absolute Gasteiger partial charge is 0.346 e. The smallest absolute Gasteiger partial charge is 0.243 e. The lowest BCUT2D eigenvalue weighted by molar-refractivity contribution is -0.122. The highest BCUT2D eigenvalue weighted by Gasteiger charge is 2.08. The average molecular weight is 410 g/mol. The number of hydrogen-bond acceptors (Lipinski definition) is 4. The molecule has 6 nitrogen and oxygen atoms in total. The Bertz CT molecular complexity index is 801. The fourth-order valence-corrected chi connectivity index (χ4v) is 2.71. The Kier molecular flexibility index (Phi) is 8.09. The number of anilines is 2. The van der Waals surface area contributed by atoms with Gasteiger partial charge in [0, 0.05) is 16.4 Å². The van der Waals surface area contributed by atoms with Crippen molar-refractivity contribution in [3.05, 3.63) is 59.4 Å². The quantitative estimate of drug-likeness (QED) is 0.625. The van der Waals surface area contributed by atoms with Crippen LogP contribution >= 0.6 is 23.4 Å². The SMILES string of the molecule is O=C(CSCC(=O)Nc1ccc(F)cc1)NCC(=O)Nc1ccc(Cl)cc1. The van der Waals surface area contributed by atoms with E-state index in [0.717, 1.165) is 11.8 Å². The van der Waals surface area contributed by atoms with Crippen LogP contribution in [0.5, 0.6) is 0 Å². The van der Waals surface area contributed by atoms with Crippen molar-refractivity contribution in [2.24, 2.45) is 0 Å². The van der Waals surface area contributed by atoms with Crippen molar-refractivity contribution in [2.45, 2.75) is 0 Å². The van der Waals surface area contributed by atoms with Crippen molar-refractivity contribution < 1.29 is 18.8 Å². The van der Waals surface area contributed by atoms with E-state index < -0.39 is 0 Å². The van der Waals surface area contributed by atoms with E-state index in [9.17, 15) is 18.8 Å². The van der Waals surface area contributed by atoms with Gasteiger partial charge in [-0.25, -0.2) is 4.39 Å². The van der Waals surface area contributed by atoms with E-state index in [4.69, 9.17) is 11.6 Å². The predicted molar refractivity (Wildman–Crippen MR) is 105 cm³/mol. The first-order chi connectivity index (χ1) is 12.9. The first-order valence-electron chi connectivity index (χ1n) is 7.87. The van der Waals surface area contributed by atoms with Gasteiger partial charge in [0.1, 0.15) is 5.82 Å². The fourth-order valence-electron chi connectivity index (χ4n) is 1.94. The van der Waals surface area contributed by atoms with Crippen molar-refractivity contribution >= 4 is 52.5 Å². The van der Waals surface area contributed by atoms with Crippen molar-refractivity contribution in [1.29, 1.82) is 0 Å². The van der Waals surface area contributed by atoms with E-state index in [1.165, 1.54) is 24.3 Å². The molecule has 0 bridgehead atoms. The number of amides is 3. The number of benzene rings is 2. The second kappa shape index (κ2) is 10.5. The highest BCUT2D eigenvalue weighted by atomic mass is 35.5. The number of carbonyl (C=O) groups excluding carboxylic acids is 3. The minimum absolute atomic E-state index is 0.0328. The lowest BCUT2D eigenvalue weighted by atomic mass is 10.3. The molecule has 27 heavy (non-hydrogen) atoms. The summed E-state index contributed by atoms with van der Waals surface area (Å²) in [4.78, 5) is 35.2. The van der Waals surface area contributed by atoms with E-state index >= 15 is 0 Å². The summed E-state index contributed by atoms with van der Waals surface area (Å²) < 4.78 is 12.8. The van der Waals surface area contributed by atoms with Gasteiger partial charge >= 0.3 is 0 Å². The maximum atomic E-state index is 12.8. The van der Waals surface area contributed by atoms with Crippen molar-refractivity contribution in [3.8, 4) is 0 Å². The summed E-state index contributed by atoms with van der Waals surface area (Å²) in [6.07, 6.45) is 0. The maximum absolute atomic E-state index is 12.8. The van der Waals surface area contributed by atoms with Crippen LogP contribution in [0.1, 0.15) is 0 Å². The third kappa shape index (κ3) is 8.10. The molecule has 3 N–H and O–H groups in total. The Morgan fingerprint density at radius 3 is 1.96 bits per heavy atom. The topological polar surface area (TPSA) is 87.3 Å². The molecule has 0 aliphatic heterocycles. The molecule has 0 spiro atoms. The number of hydrogen-bond donors (Lipinski definition) is 3. The molecule has 0 atom stereocenters. The van der Waals surface area contributed by atoms with Crippen LogP contribution in [0.25, 0.3) is 0 Å². The van der Waals surface area contributed by atoms with Crippen molar-refractivity contribution in [3.63, 3.8) is 0 Å². The molecule has 2 rings (SSSR count). The summed E-state index contributed by atoms with van der Waals surface area (Å²) in [6, 6.07) is 12.0. The molecular formula is C18H17ClFN3O3S. The van der Waals surface area contributed by atoms with E-state index in [1.807, 2.05) is 0 Å². The Labute approximate surface area is 164 Å². The molecule has 0 radical (unpaired) electrons. The van der Waals surface area contributed by atoms with Crippen LogP contribution in [0.4, 0.5) is 15.8 Å². The zero-order valence-corrected chi connectivity index (χ0v) is 15.7. The van der Waals surface area contributed by atoms with E-state index in [-0.39, 0.29) is 41.6 Å². The number of thioether (sulfide) groups is 1. The van der Waals surface area contributed by atoms with Crippen molar-refractivity contribution in [1.82, 2.24) is 5.32 Å². The highest BCUT2D eigenvalue weighted by Crippen LogP contribution is 2.13. The number of carbonyl (C=O) groups is 3. The first-order valence-corrected chi connectivity index (χ1v) is 9.41. The third-order valence-corrected chi connectivity index (χ3v) is 4.35. The van der Waals surface area contributed by atoms with Crippen LogP contribution < -0.4 is 16.0 Å². The summed E-state index contributed by atoms with van der Waals surface area (Å²) >= 11 is 6.86. The molecule has 0 saturated heterocycles. The van der Waals surface area contributed by atoms with Gasteiger partial charge in [0.2, 0.25) is 17.7 Å². The molecule has 0 fully saturated rings. The Morgan fingerprint density at radius 2 is 1.33 bits per heavy atom. The first kappa shape index (κ1) is 20.7. The molecule has 142 valence electrons. The van der Waals surface area contributed by atoms with Gasteiger partial charge in [-0.3, -0.25) is 14.4 Å². The van der Waals surface area contributed by atoms with Gasteiger partial charge in [0.25, 0.3) is 0 Å². The van der Waals surface area contributed by atoms with Gasteiger partial charge in [-0.2, -0.15) is 0 Å². The van der Waals surface area contributed by atoms with E-state index in [2.05, 4.69) is 16.0 Å². The summed E-state index contributed by atoms with van der Waals surface area (Å²) in [6.45, 7) is -0.177. The maximum Gasteiger partial charge on any atom is 0.243 e. The van der Waals surface area contributed by atoms with Crippen molar-refractivity contribution in [2.75, 3.05) is 28.7 Å². The molecule has 2 aromatic rings. The van der Waals surface area contributed by atoms with Crippen LogP contribution in [0.15, 0.2) is 48.5 Å². The number of halogens is 2. The second-order valence-electron chi connectivity index (χ2n) is 5.38. The third-order valence-electron chi connectivity index (χ3n) is 3.17. The van der Waals surface area contributed by atoms with Crippen LogP contribution in [0, 0.1) is 5.82 Å². The van der Waals surface area contributed by atoms with E-state index in [0.29, 0.717) is 16.4 Å². The van der Waals surface area contributed by atoms with Gasteiger partial charge in [-0.1, -0.05) is 11.6 Å². The summed E-state index contributed by atoms with van der Waals surface area (Å²) in [5, 5.41) is 8.24. The Morgan fingerprint density at radius 1 is 0.815 bits per heavy atom. The highest BCUT2D eigenvalue weighted by molar-refractivity contribution is 8.00. The lowest BCUT2D eigenvalue weighted by Crippen LogP contribution is -2.34. The van der Waals surface area contributed by atoms with Crippen LogP contribution in [0.3, 0.4) is 0 Å². The molecule has 0 aromatic heterocycles. The van der Waals surface area contributed by atoms with Crippen LogP contribution in [0.2, 0.25) is 5.02 Å². The minimum Gasteiger partial charge on any atom is -0.346 e. The van der Waals surface area contributed by atoms with E-state index in [1.54, 1.807) is 24.3 Å². The zero-order valence-electron chi connectivity index (χ0n) is 14.1. The summed E-state index contributed by atoms with van der Waals surface area (Å²) in [5.41, 5.74) is 1.05. The molecule has 0 heterocycles. The second-order valence-corrected chi connectivity index (χ2v) is 6.80. The molecular weight excluding hydrogens is 393 g/mol. The number of nitrogens with one attached hydrogen (secondary N) is 3. The molecule has 0 aliphatic rings. The van der Waals surface area contributed by atoms with Gasteiger partial charge in [0.15, 0.2) is 0 Å². The predicted octanol–water partition coefficient (Wildman–Crippen LogP) is 2.91. The molecule has 0 unspecified atom stereocenters. The molecule has 9 heteroatoms. The minimum atomic E-state index is -0.390. The monoisotopic (exact) mass is 409 g/mol. The normalized spacial score (nSPS) is 10.1. The van der Waals surface area contributed by atoms with Crippen LogP contribution in [-0.2, 0) is 14.4 Å². The van der Waals surface area contributed by atoms with Gasteiger partial charge < -0.3 is 16.0 Å². The van der Waals surface area contributed by atoms with Gasteiger partial charge in [-0.05, 0) is 48.5 Å². The zero-order chi connectivity index (χ0) is 19.6. The average Bonchev–Trinajstić information content (AvgIpc) is 2.64. The number of rotatable bonds is 8. The summed E-state index contributed by atoms with van der Waals surface area (Å²) in [7, 11) is 0.